The van der Waals surface area contributed by atoms with E-state index in [4.69, 9.17) is 33.2 Å². The zero-order valence-corrected chi connectivity index (χ0v) is 27.5. The van der Waals surface area contributed by atoms with Crippen molar-refractivity contribution in [1.29, 1.82) is 0 Å². The van der Waals surface area contributed by atoms with Crippen LogP contribution in [0.5, 0.6) is 17.2 Å². The molecule has 2 aromatic carbocycles. The fraction of sp³-hybridized carbons (Fsp3) is 0.562. The van der Waals surface area contributed by atoms with Crippen molar-refractivity contribution in [2.45, 2.75) is 63.0 Å². The molecule has 3 aliphatic rings. The largest absolute Gasteiger partial charge is 0.482 e. The summed E-state index contributed by atoms with van der Waals surface area (Å²) < 4.78 is 66.8. The number of rotatable bonds is 15. The molecule has 5 atom stereocenters. The molecule has 0 bridgehead atoms. The number of nitrogens with one attached hydrogen (secondary N) is 1. The Morgan fingerprint density at radius 3 is 2.57 bits per heavy atom. The molecule has 2 saturated heterocycles. The van der Waals surface area contributed by atoms with Gasteiger partial charge in [0.05, 0.1) is 42.8 Å². The van der Waals surface area contributed by atoms with E-state index >= 15 is 0 Å². The molecule has 0 aliphatic carbocycles. The fourth-order valence-corrected chi connectivity index (χ4v) is 7.31. The van der Waals surface area contributed by atoms with Gasteiger partial charge in [0, 0.05) is 19.2 Å². The van der Waals surface area contributed by atoms with E-state index < -0.39 is 46.6 Å². The third-order valence-electron chi connectivity index (χ3n) is 7.99. The van der Waals surface area contributed by atoms with E-state index in [1.807, 2.05) is 13.8 Å². The Hall–Kier alpha value is -3.63. The van der Waals surface area contributed by atoms with E-state index in [9.17, 15) is 23.1 Å². The molecular formula is C32H42N2O12S. The molecule has 3 aliphatic heterocycles. The highest BCUT2D eigenvalue weighted by atomic mass is 32.2. The van der Waals surface area contributed by atoms with Crippen LogP contribution in [0.2, 0.25) is 0 Å². The normalized spacial score (nSPS) is 21.4. The van der Waals surface area contributed by atoms with E-state index in [0.29, 0.717) is 35.8 Å². The minimum absolute atomic E-state index is 0.00336. The summed E-state index contributed by atoms with van der Waals surface area (Å²) in [5, 5.41) is 14.4. The summed E-state index contributed by atoms with van der Waals surface area (Å²) >= 11 is 0. The Morgan fingerprint density at radius 2 is 1.83 bits per heavy atom. The Kier molecular flexibility index (Phi) is 11.5. The summed E-state index contributed by atoms with van der Waals surface area (Å²) in [5.41, 5.74) is 0.709. The Labute approximate surface area is 274 Å². The number of aliphatic hydroxyl groups is 1. The van der Waals surface area contributed by atoms with Gasteiger partial charge in [0.2, 0.25) is 16.8 Å². The fourth-order valence-electron chi connectivity index (χ4n) is 5.67. The molecule has 2 fully saturated rings. The quantitative estimate of drug-likeness (QED) is 0.265. The average molecular weight is 679 g/mol. The van der Waals surface area contributed by atoms with Crippen molar-refractivity contribution in [2.75, 3.05) is 46.3 Å². The van der Waals surface area contributed by atoms with Crippen LogP contribution in [-0.4, -0.2) is 101 Å². The molecule has 47 heavy (non-hydrogen) atoms. The second-order valence-electron chi connectivity index (χ2n) is 12.0. The van der Waals surface area contributed by atoms with Gasteiger partial charge in [-0.3, -0.25) is 0 Å². The molecule has 0 radical (unpaired) electrons. The Balaban J connectivity index is 1.32. The lowest BCUT2D eigenvalue weighted by Gasteiger charge is -2.31. The van der Waals surface area contributed by atoms with Gasteiger partial charge in [-0.2, -0.15) is 4.31 Å². The molecule has 15 heteroatoms. The van der Waals surface area contributed by atoms with Crippen LogP contribution in [0.3, 0.4) is 0 Å². The number of carbonyl (C=O) groups excluding carboxylic acids is 2. The number of sulfonamides is 1. The molecule has 0 spiro atoms. The first-order valence-corrected chi connectivity index (χ1v) is 17.1. The van der Waals surface area contributed by atoms with Crippen LogP contribution >= 0.6 is 0 Å². The predicted octanol–water partition coefficient (Wildman–Crippen LogP) is 2.46. The number of esters is 1. The van der Waals surface area contributed by atoms with Crippen molar-refractivity contribution in [1.82, 2.24) is 9.62 Å². The highest BCUT2D eigenvalue weighted by molar-refractivity contribution is 7.89. The van der Waals surface area contributed by atoms with Crippen molar-refractivity contribution in [3.63, 3.8) is 0 Å². The van der Waals surface area contributed by atoms with E-state index in [1.165, 1.54) is 22.5 Å². The van der Waals surface area contributed by atoms with Crippen LogP contribution in [0.25, 0.3) is 0 Å². The number of alkyl carbamates (subject to hydrolysis) is 1. The number of aliphatic hydroxyl groups excluding tert-OH is 1. The van der Waals surface area contributed by atoms with Crippen molar-refractivity contribution < 1.29 is 56.3 Å². The van der Waals surface area contributed by atoms with Crippen LogP contribution in [0, 0.1) is 11.8 Å². The zero-order chi connectivity index (χ0) is 33.6. The van der Waals surface area contributed by atoms with Gasteiger partial charge in [-0.15, -0.1) is 0 Å². The number of amides is 1. The SMILES string of the molecule is CCOC(=O)COc1ccc(C[C@H](NC(=O)O[C@@H]2CO[C@H]3OCC[C@H]32)[C@H](O)CN(CC(C)C)S(=O)(=O)c2ccc3c(c2)OCO3)cc1. The van der Waals surface area contributed by atoms with Gasteiger partial charge in [-0.05, 0) is 55.5 Å². The predicted molar refractivity (Wildman–Crippen MR) is 165 cm³/mol. The molecule has 258 valence electrons. The first-order chi connectivity index (χ1) is 22.5. The summed E-state index contributed by atoms with van der Waals surface area (Å²) in [7, 11) is -4.09. The summed E-state index contributed by atoms with van der Waals surface area (Å²) in [6, 6.07) is 10.2. The molecule has 5 rings (SSSR count). The smallest absolute Gasteiger partial charge is 0.407 e. The monoisotopic (exact) mass is 678 g/mol. The molecule has 3 heterocycles. The Morgan fingerprint density at radius 1 is 1.06 bits per heavy atom. The number of fused-ring (bicyclic) bond motifs is 2. The summed E-state index contributed by atoms with van der Waals surface area (Å²) in [6.07, 6.45) is -2.21. The lowest BCUT2D eigenvalue weighted by atomic mass is 10.0. The van der Waals surface area contributed by atoms with Gasteiger partial charge in [0.15, 0.2) is 24.4 Å². The van der Waals surface area contributed by atoms with Gasteiger partial charge in [0.1, 0.15) is 11.9 Å². The lowest BCUT2D eigenvalue weighted by Crippen LogP contribution is -2.51. The number of nitrogens with zero attached hydrogens (tertiary/aromatic N) is 1. The van der Waals surface area contributed by atoms with Crippen molar-refractivity contribution >= 4 is 22.1 Å². The van der Waals surface area contributed by atoms with Gasteiger partial charge in [-0.25, -0.2) is 18.0 Å². The van der Waals surface area contributed by atoms with Crippen molar-refractivity contribution in [2.24, 2.45) is 11.8 Å². The minimum atomic E-state index is -4.09. The van der Waals surface area contributed by atoms with E-state index in [2.05, 4.69) is 5.32 Å². The van der Waals surface area contributed by atoms with E-state index in [1.54, 1.807) is 31.2 Å². The average Bonchev–Trinajstić information content (AvgIpc) is 3.78. The molecule has 0 unspecified atom stereocenters. The molecule has 0 aromatic heterocycles. The number of benzene rings is 2. The minimum Gasteiger partial charge on any atom is -0.482 e. The van der Waals surface area contributed by atoms with Crippen LogP contribution in [0.15, 0.2) is 47.4 Å². The van der Waals surface area contributed by atoms with Crippen LogP contribution in [0.4, 0.5) is 4.79 Å². The Bertz CT molecular complexity index is 1490. The number of hydrogen-bond donors (Lipinski definition) is 2. The van der Waals surface area contributed by atoms with Gasteiger partial charge < -0.3 is 43.6 Å². The molecule has 2 aromatic rings. The summed E-state index contributed by atoms with van der Waals surface area (Å²) in [5.74, 6) is 0.542. The maximum Gasteiger partial charge on any atom is 0.407 e. The topological polar surface area (TPSA) is 168 Å². The zero-order valence-electron chi connectivity index (χ0n) is 26.7. The molecule has 0 saturated carbocycles. The maximum absolute atomic E-state index is 13.9. The molecular weight excluding hydrogens is 636 g/mol. The number of carbonyl (C=O) groups is 2. The van der Waals surface area contributed by atoms with Gasteiger partial charge in [0.25, 0.3) is 0 Å². The van der Waals surface area contributed by atoms with Gasteiger partial charge >= 0.3 is 12.1 Å². The standard InChI is InChI=1S/C32H42N2O12S/c1-4-40-30(36)18-42-22-7-5-21(6-8-22)13-25(33-32(37)46-29-17-43-31-24(29)11-12-41-31)26(35)16-34(15-20(2)3)47(38,39)23-9-10-27-28(14-23)45-19-44-27/h5-10,14,20,24-26,29,31,35H,4,11-13,15-19H2,1-3H3,(H,33,37)/t24-,25-,26+,29+,31+/m0/s1. The van der Waals surface area contributed by atoms with Gasteiger partial charge in [-0.1, -0.05) is 26.0 Å². The molecule has 1 amide bonds. The number of ether oxygens (including phenoxy) is 7. The first-order valence-electron chi connectivity index (χ1n) is 15.7. The van der Waals surface area contributed by atoms with Crippen LogP contribution < -0.4 is 19.5 Å². The highest BCUT2D eigenvalue weighted by Gasteiger charge is 2.44. The van der Waals surface area contributed by atoms with Crippen molar-refractivity contribution in [3.05, 3.63) is 48.0 Å². The van der Waals surface area contributed by atoms with Crippen LogP contribution in [0.1, 0.15) is 32.8 Å². The lowest BCUT2D eigenvalue weighted by molar-refractivity contribution is -0.145. The number of hydrogen-bond acceptors (Lipinski definition) is 12. The second-order valence-corrected chi connectivity index (χ2v) is 13.9. The second kappa shape index (κ2) is 15.5. The summed E-state index contributed by atoms with van der Waals surface area (Å²) in [4.78, 5) is 24.8. The molecule has 14 nitrogen and oxygen atoms in total. The maximum atomic E-state index is 13.9. The highest BCUT2D eigenvalue weighted by Crippen LogP contribution is 2.35. The van der Waals surface area contributed by atoms with Crippen LogP contribution in [-0.2, 0) is 40.2 Å². The molecule has 2 N–H and O–H groups in total. The first kappa shape index (κ1) is 34.7. The van der Waals surface area contributed by atoms with E-state index in [0.717, 1.165) is 0 Å². The van der Waals surface area contributed by atoms with Crippen molar-refractivity contribution in [3.8, 4) is 17.2 Å². The van der Waals surface area contributed by atoms with E-state index in [-0.39, 0.29) is 62.9 Å². The third-order valence-corrected chi connectivity index (χ3v) is 9.82. The summed E-state index contributed by atoms with van der Waals surface area (Å²) in [6.45, 7) is 5.95. The third kappa shape index (κ3) is 8.84.